The van der Waals surface area contributed by atoms with Crippen molar-refractivity contribution in [2.45, 2.75) is 59.3 Å². The van der Waals surface area contributed by atoms with E-state index in [1.54, 1.807) is 12.4 Å². The predicted octanol–water partition coefficient (Wildman–Crippen LogP) is 5.52. The molecule has 1 aromatic carbocycles. The van der Waals surface area contributed by atoms with Gasteiger partial charge in [-0.1, -0.05) is 39.5 Å². The Bertz CT molecular complexity index is 731. The molecule has 1 aliphatic rings. The maximum atomic E-state index is 4.56. The first kappa shape index (κ1) is 18.9. The lowest BCUT2D eigenvalue weighted by Crippen LogP contribution is -2.27. The number of rotatable bonds is 6. The molecule has 3 heteroatoms. The van der Waals surface area contributed by atoms with Gasteiger partial charge in [0.05, 0.1) is 11.0 Å². The SMILES string of the molecule is C=C(CC(C)(C)C)NCC1CCC(Cc2cccc3nccnc23)CC1. The molecule has 0 amide bonds. The average Bonchev–Trinajstić information content (AvgIpc) is 2.60. The molecule has 3 rings (SSSR count). The van der Waals surface area contributed by atoms with E-state index in [0.29, 0.717) is 5.41 Å². The Morgan fingerprint density at radius 2 is 1.77 bits per heavy atom. The zero-order chi connectivity index (χ0) is 18.6. The summed E-state index contributed by atoms with van der Waals surface area (Å²) in [4.78, 5) is 8.99. The summed E-state index contributed by atoms with van der Waals surface area (Å²) in [5.41, 5.74) is 4.95. The monoisotopic (exact) mass is 351 g/mol. The molecule has 0 aliphatic heterocycles. The van der Waals surface area contributed by atoms with E-state index >= 15 is 0 Å². The largest absolute Gasteiger partial charge is 0.389 e. The van der Waals surface area contributed by atoms with Crippen molar-refractivity contribution in [2.75, 3.05) is 6.54 Å². The maximum Gasteiger partial charge on any atom is 0.0918 e. The number of benzene rings is 1. The molecule has 1 aliphatic carbocycles. The van der Waals surface area contributed by atoms with Crippen LogP contribution in [0, 0.1) is 17.3 Å². The Hall–Kier alpha value is -1.90. The van der Waals surface area contributed by atoms with Gasteiger partial charge in [-0.2, -0.15) is 0 Å². The molecule has 2 aromatic rings. The molecule has 0 saturated heterocycles. The lowest BCUT2D eigenvalue weighted by atomic mass is 9.79. The van der Waals surface area contributed by atoms with Gasteiger partial charge in [0.25, 0.3) is 0 Å². The molecule has 1 N–H and O–H groups in total. The number of aromatic nitrogens is 2. The number of allylic oxidation sites excluding steroid dienone is 1. The minimum absolute atomic E-state index is 0.309. The molecule has 1 aromatic heterocycles. The lowest BCUT2D eigenvalue weighted by Gasteiger charge is -2.30. The van der Waals surface area contributed by atoms with Gasteiger partial charge in [-0.25, -0.2) is 0 Å². The van der Waals surface area contributed by atoms with Crippen LogP contribution in [0.1, 0.15) is 58.4 Å². The summed E-state index contributed by atoms with van der Waals surface area (Å²) in [6.45, 7) is 12.1. The van der Waals surface area contributed by atoms with Crippen molar-refractivity contribution in [3.8, 4) is 0 Å². The molecule has 1 heterocycles. The molecule has 1 saturated carbocycles. The van der Waals surface area contributed by atoms with Crippen LogP contribution in [-0.4, -0.2) is 16.5 Å². The maximum absolute atomic E-state index is 4.56. The van der Waals surface area contributed by atoms with Crippen molar-refractivity contribution in [3.05, 3.63) is 48.4 Å². The van der Waals surface area contributed by atoms with Crippen LogP contribution in [0.4, 0.5) is 0 Å². The van der Waals surface area contributed by atoms with Crippen molar-refractivity contribution < 1.29 is 0 Å². The zero-order valence-electron chi connectivity index (χ0n) is 16.6. The number of nitrogens with one attached hydrogen (secondary N) is 1. The Labute approximate surface area is 158 Å². The highest BCUT2D eigenvalue weighted by molar-refractivity contribution is 5.77. The van der Waals surface area contributed by atoms with Crippen LogP contribution < -0.4 is 5.32 Å². The lowest BCUT2D eigenvalue weighted by molar-refractivity contribution is 0.268. The van der Waals surface area contributed by atoms with E-state index in [4.69, 9.17) is 0 Å². The van der Waals surface area contributed by atoms with Crippen LogP contribution >= 0.6 is 0 Å². The van der Waals surface area contributed by atoms with E-state index in [1.807, 2.05) is 0 Å². The normalized spacial score (nSPS) is 20.9. The van der Waals surface area contributed by atoms with Crippen molar-refractivity contribution in [1.29, 1.82) is 0 Å². The van der Waals surface area contributed by atoms with Crippen LogP contribution in [0.25, 0.3) is 11.0 Å². The summed E-state index contributed by atoms with van der Waals surface area (Å²) < 4.78 is 0. The van der Waals surface area contributed by atoms with Gasteiger partial charge in [-0.3, -0.25) is 9.97 Å². The second-order valence-electron chi connectivity index (χ2n) is 9.15. The number of hydrogen-bond acceptors (Lipinski definition) is 3. The summed E-state index contributed by atoms with van der Waals surface area (Å²) in [5.74, 6) is 1.56. The van der Waals surface area contributed by atoms with Gasteiger partial charge in [0.1, 0.15) is 0 Å². The third kappa shape index (κ3) is 5.30. The Morgan fingerprint density at radius 3 is 2.50 bits per heavy atom. The van der Waals surface area contributed by atoms with E-state index in [-0.39, 0.29) is 0 Å². The number of nitrogens with zero attached hydrogens (tertiary/aromatic N) is 2. The quantitative estimate of drug-likeness (QED) is 0.745. The van der Waals surface area contributed by atoms with Crippen molar-refractivity contribution in [2.24, 2.45) is 17.3 Å². The summed E-state index contributed by atoms with van der Waals surface area (Å²) in [5, 5.41) is 3.58. The molecule has 0 bridgehead atoms. The standard InChI is InChI=1S/C23H33N3/c1-17(15-23(2,3)4)26-16-19-10-8-18(9-11-19)14-20-6-5-7-21-22(20)25-13-12-24-21/h5-7,12-13,18-19,26H,1,8-11,14-16H2,2-4H3. The van der Waals surface area contributed by atoms with Crippen molar-refractivity contribution in [1.82, 2.24) is 15.3 Å². The molecule has 0 radical (unpaired) electrons. The number of hydrogen-bond donors (Lipinski definition) is 1. The van der Waals surface area contributed by atoms with Crippen LogP contribution in [0.2, 0.25) is 0 Å². The first-order chi connectivity index (χ1) is 12.4. The molecular weight excluding hydrogens is 318 g/mol. The Morgan fingerprint density at radius 1 is 1.08 bits per heavy atom. The van der Waals surface area contributed by atoms with E-state index < -0.39 is 0 Å². The second-order valence-corrected chi connectivity index (χ2v) is 9.15. The van der Waals surface area contributed by atoms with Gasteiger partial charge in [0, 0.05) is 24.6 Å². The van der Waals surface area contributed by atoms with Crippen molar-refractivity contribution in [3.63, 3.8) is 0 Å². The molecule has 0 atom stereocenters. The summed E-state index contributed by atoms with van der Waals surface area (Å²) in [7, 11) is 0. The van der Waals surface area contributed by atoms with Gasteiger partial charge < -0.3 is 5.32 Å². The molecule has 0 unspecified atom stereocenters. The first-order valence-electron chi connectivity index (χ1n) is 10.0. The third-order valence-electron chi connectivity index (χ3n) is 5.44. The van der Waals surface area contributed by atoms with Gasteiger partial charge >= 0.3 is 0 Å². The van der Waals surface area contributed by atoms with Crippen LogP contribution in [0.5, 0.6) is 0 Å². The predicted molar refractivity (Wildman–Crippen MR) is 110 cm³/mol. The molecule has 26 heavy (non-hydrogen) atoms. The summed E-state index contributed by atoms with van der Waals surface area (Å²) in [6, 6.07) is 6.39. The van der Waals surface area contributed by atoms with E-state index in [9.17, 15) is 0 Å². The van der Waals surface area contributed by atoms with Gasteiger partial charge in [0.15, 0.2) is 0 Å². The van der Waals surface area contributed by atoms with Crippen LogP contribution in [0.15, 0.2) is 42.9 Å². The molecule has 1 fully saturated rings. The first-order valence-corrected chi connectivity index (χ1v) is 10.0. The third-order valence-corrected chi connectivity index (χ3v) is 5.44. The molecule has 3 nitrogen and oxygen atoms in total. The fraction of sp³-hybridized carbons (Fsp3) is 0.565. The van der Waals surface area contributed by atoms with Crippen LogP contribution in [0.3, 0.4) is 0 Å². The Kier molecular flexibility index (Phi) is 5.95. The van der Waals surface area contributed by atoms with Crippen molar-refractivity contribution >= 4 is 11.0 Å². The molecule has 140 valence electrons. The topological polar surface area (TPSA) is 37.8 Å². The highest BCUT2D eigenvalue weighted by Gasteiger charge is 2.22. The minimum Gasteiger partial charge on any atom is -0.389 e. The fourth-order valence-corrected chi connectivity index (χ4v) is 4.16. The summed E-state index contributed by atoms with van der Waals surface area (Å²) >= 11 is 0. The fourth-order valence-electron chi connectivity index (χ4n) is 4.16. The number of fused-ring (bicyclic) bond motifs is 1. The number of para-hydroxylation sites is 1. The minimum atomic E-state index is 0.309. The zero-order valence-corrected chi connectivity index (χ0v) is 16.6. The second kappa shape index (κ2) is 8.20. The van der Waals surface area contributed by atoms with Gasteiger partial charge in [-0.15, -0.1) is 0 Å². The molecular formula is C23H33N3. The van der Waals surface area contributed by atoms with E-state index in [2.05, 4.69) is 60.8 Å². The van der Waals surface area contributed by atoms with E-state index in [1.165, 1.54) is 36.9 Å². The highest BCUT2D eigenvalue weighted by atomic mass is 14.9. The summed E-state index contributed by atoms with van der Waals surface area (Å²) in [6.07, 6.45) is 11.0. The van der Waals surface area contributed by atoms with Gasteiger partial charge in [0.2, 0.25) is 0 Å². The molecule has 0 spiro atoms. The van der Waals surface area contributed by atoms with E-state index in [0.717, 1.165) is 42.3 Å². The van der Waals surface area contributed by atoms with Gasteiger partial charge in [-0.05, 0) is 67.4 Å². The average molecular weight is 352 g/mol. The highest BCUT2D eigenvalue weighted by Crippen LogP contribution is 2.32. The Balaban J connectivity index is 1.47. The smallest absolute Gasteiger partial charge is 0.0918 e. The van der Waals surface area contributed by atoms with Crippen LogP contribution in [-0.2, 0) is 6.42 Å².